The van der Waals surface area contributed by atoms with Gasteiger partial charge in [0.15, 0.2) is 0 Å². The van der Waals surface area contributed by atoms with Gasteiger partial charge in [0.2, 0.25) is 0 Å². The summed E-state index contributed by atoms with van der Waals surface area (Å²) in [5.41, 5.74) is 0.594. The van der Waals surface area contributed by atoms with Gasteiger partial charge in [-0.2, -0.15) is 0 Å². The minimum Gasteiger partial charge on any atom is -0.336 e. The third kappa shape index (κ3) is 3.18. The Labute approximate surface area is 133 Å². The van der Waals surface area contributed by atoms with Crippen molar-refractivity contribution in [1.82, 2.24) is 9.80 Å². The van der Waals surface area contributed by atoms with Gasteiger partial charge < -0.3 is 4.90 Å². The van der Waals surface area contributed by atoms with Gasteiger partial charge in [0, 0.05) is 37.2 Å². The molecule has 108 valence electrons. The molecule has 0 spiro atoms. The first-order chi connectivity index (χ1) is 9.65. The summed E-state index contributed by atoms with van der Waals surface area (Å²) < 4.78 is 0.775. The lowest BCUT2D eigenvalue weighted by Gasteiger charge is -2.35. The van der Waals surface area contributed by atoms with E-state index in [9.17, 15) is 4.79 Å². The van der Waals surface area contributed by atoms with Crippen molar-refractivity contribution < 1.29 is 4.79 Å². The summed E-state index contributed by atoms with van der Waals surface area (Å²) in [6.07, 6.45) is 2.76. The highest BCUT2D eigenvalue weighted by molar-refractivity contribution is 9.10. The number of hydrogen-bond acceptors (Lipinski definition) is 2. The number of rotatable bonds is 3. The number of nitrogens with zero attached hydrogens (tertiary/aromatic N) is 2. The predicted octanol–water partition coefficient (Wildman–Crippen LogP) is 3.27. The Morgan fingerprint density at radius 1 is 1.25 bits per heavy atom. The summed E-state index contributed by atoms with van der Waals surface area (Å²) in [5, 5.41) is 0.512. The molecule has 0 N–H and O–H groups in total. The van der Waals surface area contributed by atoms with Crippen LogP contribution in [0.2, 0.25) is 5.02 Å². The maximum absolute atomic E-state index is 12.5. The number of hydrogen-bond donors (Lipinski definition) is 0. The first kappa shape index (κ1) is 14.4. The summed E-state index contributed by atoms with van der Waals surface area (Å²) >= 11 is 9.58. The van der Waals surface area contributed by atoms with E-state index in [-0.39, 0.29) is 5.91 Å². The molecule has 1 saturated heterocycles. The number of amides is 1. The lowest BCUT2D eigenvalue weighted by Crippen LogP contribution is -2.49. The first-order valence-electron chi connectivity index (χ1n) is 7.11. The SMILES string of the molecule is O=C(c1cccc(Br)c1Cl)N1CCN(CC2CC2)CC1. The summed E-state index contributed by atoms with van der Waals surface area (Å²) in [6.45, 7) is 4.77. The van der Waals surface area contributed by atoms with Gasteiger partial charge in [-0.3, -0.25) is 9.69 Å². The predicted molar refractivity (Wildman–Crippen MR) is 84.2 cm³/mol. The van der Waals surface area contributed by atoms with E-state index in [0.29, 0.717) is 10.6 Å². The molecule has 1 aliphatic carbocycles. The van der Waals surface area contributed by atoms with Crippen molar-refractivity contribution >= 4 is 33.4 Å². The molecule has 0 atom stereocenters. The highest BCUT2D eigenvalue weighted by atomic mass is 79.9. The normalized spacial score (nSPS) is 20.2. The molecule has 20 heavy (non-hydrogen) atoms. The van der Waals surface area contributed by atoms with Crippen LogP contribution in [0.3, 0.4) is 0 Å². The highest BCUT2D eigenvalue weighted by Gasteiger charge is 2.28. The minimum atomic E-state index is 0.0439. The fourth-order valence-electron chi connectivity index (χ4n) is 2.64. The molecule has 0 bridgehead atoms. The van der Waals surface area contributed by atoms with Gasteiger partial charge in [-0.1, -0.05) is 17.7 Å². The number of piperazine rings is 1. The molecule has 1 aliphatic heterocycles. The molecule has 2 fully saturated rings. The zero-order valence-electron chi connectivity index (χ0n) is 11.3. The Hall–Kier alpha value is -0.580. The fourth-order valence-corrected chi connectivity index (χ4v) is 3.21. The van der Waals surface area contributed by atoms with Crippen molar-refractivity contribution in [3.8, 4) is 0 Å². The Balaban J connectivity index is 1.62. The van der Waals surface area contributed by atoms with Gasteiger partial charge in [-0.25, -0.2) is 0 Å². The van der Waals surface area contributed by atoms with Gasteiger partial charge in [0.1, 0.15) is 0 Å². The number of halogens is 2. The van der Waals surface area contributed by atoms with Crippen molar-refractivity contribution in [3.05, 3.63) is 33.3 Å². The monoisotopic (exact) mass is 356 g/mol. The largest absolute Gasteiger partial charge is 0.336 e. The number of carbonyl (C=O) groups excluding carboxylic acids is 1. The Morgan fingerprint density at radius 3 is 2.60 bits per heavy atom. The van der Waals surface area contributed by atoms with E-state index in [0.717, 1.165) is 36.6 Å². The number of benzene rings is 1. The molecule has 1 amide bonds. The molecule has 3 rings (SSSR count). The van der Waals surface area contributed by atoms with Gasteiger partial charge in [-0.05, 0) is 46.8 Å². The van der Waals surface area contributed by atoms with Gasteiger partial charge in [-0.15, -0.1) is 0 Å². The van der Waals surface area contributed by atoms with Crippen LogP contribution in [0.4, 0.5) is 0 Å². The van der Waals surface area contributed by atoms with E-state index in [2.05, 4.69) is 20.8 Å². The fraction of sp³-hybridized carbons (Fsp3) is 0.533. The average Bonchev–Trinajstić information content (AvgIpc) is 3.26. The lowest BCUT2D eigenvalue weighted by molar-refractivity contribution is 0.0632. The third-order valence-corrected chi connectivity index (χ3v) is 5.35. The van der Waals surface area contributed by atoms with E-state index < -0.39 is 0 Å². The van der Waals surface area contributed by atoms with Gasteiger partial charge >= 0.3 is 0 Å². The maximum atomic E-state index is 12.5. The summed E-state index contributed by atoms with van der Waals surface area (Å²) in [5.74, 6) is 0.958. The molecule has 3 nitrogen and oxygen atoms in total. The quantitative estimate of drug-likeness (QED) is 0.829. The van der Waals surface area contributed by atoms with Crippen molar-refractivity contribution in [1.29, 1.82) is 0 Å². The lowest BCUT2D eigenvalue weighted by atomic mass is 10.1. The van der Waals surface area contributed by atoms with Crippen LogP contribution in [0, 0.1) is 5.92 Å². The standard InChI is InChI=1S/C15H18BrClN2O/c16-13-3-1-2-12(14(13)17)15(20)19-8-6-18(7-9-19)10-11-4-5-11/h1-3,11H,4-10H2. The van der Waals surface area contributed by atoms with Crippen LogP contribution >= 0.6 is 27.5 Å². The molecule has 1 aromatic rings. The zero-order chi connectivity index (χ0) is 14.1. The molecule has 0 radical (unpaired) electrons. The Morgan fingerprint density at radius 2 is 1.95 bits per heavy atom. The molecular formula is C15H18BrClN2O. The Kier molecular flexibility index (Phi) is 4.34. The topological polar surface area (TPSA) is 23.6 Å². The van der Waals surface area contributed by atoms with Crippen molar-refractivity contribution in [3.63, 3.8) is 0 Å². The molecule has 0 aromatic heterocycles. The van der Waals surface area contributed by atoms with E-state index in [1.807, 2.05) is 17.0 Å². The third-order valence-electron chi connectivity index (χ3n) is 4.05. The van der Waals surface area contributed by atoms with Crippen LogP contribution in [-0.4, -0.2) is 48.4 Å². The van der Waals surface area contributed by atoms with Crippen LogP contribution in [0.15, 0.2) is 22.7 Å². The second kappa shape index (κ2) is 6.04. The van der Waals surface area contributed by atoms with Gasteiger partial charge in [0.25, 0.3) is 5.91 Å². The van der Waals surface area contributed by atoms with Gasteiger partial charge in [0.05, 0.1) is 10.6 Å². The van der Waals surface area contributed by atoms with Crippen molar-refractivity contribution in [2.24, 2.45) is 5.92 Å². The van der Waals surface area contributed by atoms with E-state index >= 15 is 0 Å². The molecule has 1 heterocycles. The zero-order valence-corrected chi connectivity index (χ0v) is 13.7. The highest BCUT2D eigenvalue weighted by Crippen LogP contribution is 2.30. The molecule has 5 heteroatoms. The summed E-state index contributed by atoms with van der Waals surface area (Å²) in [4.78, 5) is 16.9. The van der Waals surface area contributed by atoms with Crippen LogP contribution in [0.5, 0.6) is 0 Å². The summed E-state index contributed by atoms with van der Waals surface area (Å²) in [7, 11) is 0. The van der Waals surface area contributed by atoms with Crippen LogP contribution < -0.4 is 0 Å². The molecule has 1 aromatic carbocycles. The average molecular weight is 358 g/mol. The van der Waals surface area contributed by atoms with Crippen LogP contribution in [0.25, 0.3) is 0 Å². The van der Waals surface area contributed by atoms with Crippen LogP contribution in [0.1, 0.15) is 23.2 Å². The van der Waals surface area contributed by atoms with E-state index in [4.69, 9.17) is 11.6 Å². The first-order valence-corrected chi connectivity index (χ1v) is 8.28. The number of carbonyl (C=O) groups is 1. The van der Waals surface area contributed by atoms with Crippen molar-refractivity contribution in [2.45, 2.75) is 12.8 Å². The smallest absolute Gasteiger partial charge is 0.255 e. The van der Waals surface area contributed by atoms with Crippen LogP contribution in [-0.2, 0) is 0 Å². The van der Waals surface area contributed by atoms with E-state index in [1.165, 1.54) is 19.4 Å². The second-order valence-corrected chi connectivity index (χ2v) is 6.87. The summed E-state index contributed by atoms with van der Waals surface area (Å²) in [6, 6.07) is 5.51. The Bertz CT molecular complexity index is 511. The van der Waals surface area contributed by atoms with E-state index in [1.54, 1.807) is 6.07 Å². The molecule has 1 saturated carbocycles. The maximum Gasteiger partial charge on any atom is 0.255 e. The minimum absolute atomic E-state index is 0.0439. The van der Waals surface area contributed by atoms with Crippen molar-refractivity contribution in [2.75, 3.05) is 32.7 Å². The molecule has 2 aliphatic rings. The molecule has 0 unspecified atom stereocenters. The second-order valence-electron chi connectivity index (χ2n) is 5.64. The molecular weight excluding hydrogens is 340 g/mol.